The Kier molecular flexibility index (Phi) is 4.26. The van der Waals surface area contributed by atoms with Crippen LogP contribution in [0.15, 0.2) is 0 Å². The van der Waals surface area contributed by atoms with Gasteiger partial charge in [0.05, 0.1) is 6.10 Å². The lowest BCUT2D eigenvalue weighted by molar-refractivity contribution is 0.0583. The average Bonchev–Trinajstić information content (AvgIpc) is 2.68. The van der Waals surface area contributed by atoms with Crippen LogP contribution in [-0.4, -0.2) is 25.3 Å². The van der Waals surface area contributed by atoms with Crippen molar-refractivity contribution >= 4 is 0 Å². The molecule has 1 N–H and O–H groups in total. The maximum absolute atomic E-state index is 5.72. The van der Waals surface area contributed by atoms with Crippen molar-refractivity contribution < 1.29 is 4.74 Å². The average molecular weight is 225 g/mol. The van der Waals surface area contributed by atoms with Gasteiger partial charge in [-0.25, -0.2) is 0 Å². The lowest BCUT2D eigenvalue weighted by Gasteiger charge is -2.43. The van der Waals surface area contributed by atoms with Crippen LogP contribution in [0.4, 0.5) is 0 Å². The Morgan fingerprint density at radius 3 is 2.62 bits per heavy atom. The Hall–Kier alpha value is -0.0800. The molecule has 0 aromatic rings. The molecule has 0 aromatic heterocycles. The topological polar surface area (TPSA) is 21.3 Å². The summed E-state index contributed by atoms with van der Waals surface area (Å²) in [6, 6.07) is 0.625. The van der Waals surface area contributed by atoms with Crippen LogP contribution >= 0.6 is 0 Å². The molecule has 2 rings (SSSR count). The zero-order valence-electron chi connectivity index (χ0n) is 10.9. The van der Waals surface area contributed by atoms with Crippen LogP contribution in [0.5, 0.6) is 0 Å². The summed E-state index contributed by atoms with van der Waals surface area (Å²) in [6.45, 7) is 6.71. The molecule has 0 bridgehead atoms. The fraction of sp³-hybridized carbons (Fsp3) is 1.00. The zero-order chi connectivity index (χ0) is 11.4. The largest absolute Gasteiger partial charge is 0.378 e. The van der Waals surface area contributed by atoms with E-state index in [1.54, 1.807) is 0 Å². The third-order valence-electron chi connectivity index (χ3n) is 4.32. The minimum Gasteiger partial charge on any atom is -0.378 e. The first-order valence-corrected chi connectivity index (χ1v) is 7.05. The zero-order valence-corrected chi connectivity index (χ0v) is 10.9. The van der Waals surface area contributed by atoms with Gasteiger partial charge in [0.15, 0.2) is 0 Å². The second kappa shape index (κ2) is 5.50. The summed E-state index contributed by atoms with van der Waals surface area (Å²) in [7, 11) is 0. The molecule has 1 unspecified atom stereocenters. The SMILES string of the molecule is CC(C)NCC1(CCC2CCCO2)CCC1. The minimum atomic E-state index is 0.580. The molecule has 1 aliphatic carbocycles. The van der Waals surface area contributed by atoms with Crippen LogP contribution < -0.4 is 5.32 Å². The Labute approximate surface area is 100 Å². The van der Waals surface area contributed by atoms with Crippen molar-refractivity contribution in [1.29, 1.82) is 0 Å². The quantitative estimate of drug-likeness (QED) is 0.750. The molecule has 2 heteroatoms. The van der Waals surface area contributed by atoms with E-state index in [-0.39, 0.29) is 0 Å². The highest BCUT2D eigenvalue weighted by molar-refractivity contribution is 4.90. The highest BCUT2D eigenvalue weighted by Gasteiger charge is 2.37. The lowest BCUT2D eigenvalue weighted by atomic mass is 9.65. The van der Waals surface area contributed by atoms with Gasteiger partial charge >= 0.3 is 0 Å². The summed E-state index contributed by atoms with van der Waals surface area (Å²) in [5.41, 5.74) is 0.621. The van der Waals surface area contributed by atoms with Gasteiger partial charge < -0.3 is 10.1 Å². The van der Waals surface area contributed by atoms with Gasteiger partial charge in [-0.05, 0) is 43.9 Å². The minimum absolute atomic E-state index is 0.580. The molecular weight excluding hydrogens is 198 g/mol. The van der Waals surface area contributed by atoms with Gasteiger partial charge in [-0.3, -0.25) is 0 Å². The van der Waals surface area contributed by atoms with Crippen LogP contribution in [0, 0.1) is 5.41 Å². The van der Waals surface area contributed by atoms with Gasteiger partial charge in [0, 0.05) is 19.2 Å². The van der Waals surface area contributed by atoms with Crippen molar-refractivity contribution in [3.8, 4) is 0 Å². The molecule has 1 saturated heterocycles. The van der Waals surface area contributed by atoms with Crippen LogP contribution in [-0.2, 0) is 4.74 Å². The molecular formula is C14H27NO. The monoisotopic (exact) mass is 225 g/mol. The Morgan fingerprint density at radius 2 is 2.12 bits per heavy atom. The van der Waals surface area contributed by atoms with E-state index < -0.39 is 0 Å². The van der Waals surface area contributed by atoms with Crippen LogP contribution in [0.25, 0.3) is 0 Å². The van der Waals surface area contributed by atoms with Gasteiger partial charge in [-0.2, -0.15) is 0 Å². The van der Waals surface area contributed by atoms with Crippen molar-refractivity contribution in [2.75, 3.05) is 13.2 Å². The van der Waals surface area contributed by atoms with E-state index in [2.05, 4.69) is 19.2 Å². The fourth-order valence-corrected chi connectivity index (χ4v) is 2.95. The molecule has 2 nitrogen and oxygen atoms in total. The molecule has 94 valence electrons. The van der Waals surface area contributed by atoms with E-state index in [9.17, 15) is 0 Å². The van der Waals surface area contributed by atoms with Gasteiger partial charge in [0.2, 0.25) is 0 Å². The molecule has 1 heterocycles. The standard InChI is InChI=1S/C14H27NO/c1-12(2)15-11-14(7-4-8-14)9-6-13-5-3-10-16-13/h12-13,15H,3-11H2,1-2H3. The first-order chi connectivity index (χ1) is 7.70. The number of ether oxygens (including phenoxy) is 1. The van der Waals surface area contributed by atoms with Crippen molar-refractivity contribution in [3.05, 3.63) is 0 Å². The fourth-order valence-electron chi connectivity index (χ4n) is 2.95. The van der Waals surface area contributed by atoms with Crippen molar-refractivity contribution in [2.45, 2.75) is 70.9 Å². The third-order valence-corrected chi connectivity index (χ3v) is 4.32. The molecule has 1 saturated carbocycles. The first kappa shape index (κ1) is 12.4. The van der Waals surface area contributed by atoms with Crippen LogP contribution in [0.2, 0.25) is 0 Å². The summed E-state index contributed by atoms with van der Waals surface area (Å²) in [4.78, 5) is 0. The first-order valence-electron chi connectivity index (χ1n) is 7.05. The summed E-state index contributed by atoms with van der Waals surface area (Å²) in [6.07, 6.45) is 10.1. The Bertz CT molecular complexity index is 205. The molecule has 1 aliphatic heterocycles. The van der Waals surface area contributed by atoms with Crippen LogP contribution in [0.1, 0.15) is 58.8 Å². The highest BCUT2D eigenvalue weighted by Crippen LogP contribution is 2.45. The Balaban J connectivity index is 1.71. The maximum Gasteiger partial charge on any atom is 0.0576 e. The van der Waals surface area contributed by atoms with Gasteiger partial charge in [-0.1, -0.05) is 20.3 Å². The predicted molar refractivity (Wildman–Crippen MR) is 67.6 cm³/mol. The number of rotatable bonds is 6. The summed E-state index contributed by atoms with van der Waals surface area (Å²) in [5.74, 6) is 0. The third kappa shape index (κ3) is 3.21. The molecule has 0 spiro atoms. The summed E-state index contributed by atoms with van der Waals surface area (Å²) in [5, 5.41) is 3.62. The molecule has 1 atom stereocenters. The van der Waals surface area contributed by atoms with Gasteiger partial charge in [0.1, 0.15) is 0 Å². The van der Waals surface area contributed by atoms with E-state index in [0.29, 0.717) is 17.6 Å². The van der Waals surface area contributed by atoms with E-state index in [0.717, 1.165) is 6.61 Å². The van der Waals surface area contributed by atoms with Gasteiger partial charge in [0.25, 0.3) is 0 Å². The number of hydrogen-bond acceptors (Lipinski definition) is 2. The van der Waals surface area contributed by atoms with E-state index in [1.165, 1.54) is 51.5 Å². The molecule has 2 aliphatic rings. The van der Waals surface area contributed by atoms with E-state index >= 15 is 0 Å². The van der Waals surface area contributed by atoms with Crippen molar-refractivity contribution in [3.63, 3.8) is 0 Å². The maximum atomic E-state index is 5.72. The second-order valence-corrected chi connectivity index (χ2v) is 6.06. The normalized spacial score (nSPS) is 28.3. The van der Waals surface area contributed by atoms with E-state index in [4.69, 9.17) is 4.74 Å². The number of nitrogens with one attached hydrogen (secondary N) is 1. The summed E-state index contributed by atoms with van der Waals surface area (Å²) >= 11 is 0. The van der Waals surface area contributed by atoms with E-state index in [1.807, 2.05) is 0 Å². The number of hydrogen-bond donors (Lipinski definition) is 1. The Morgan fingerprint density at radius 1 is 1.31 bits per heavy atom. The molecule has 2 fully saturated rings. The second-order valence-electron chi connectivity index (χ2n) is 6.06. The molecule has 16 heavy (non-hydrogen) atoms. The summed E-state index contributed by atoms with van der Waals surface area (Å²) < 4.78 is 5.72. The van der Waals surface area contributed by atoms with Crippen LogP contribution in [0.3, 0.4) is 0 Å². The van der Waals surface area contributed by atoms with Gasteiger partial charge in [-0.15, -0.1) is 0 Å². The van der Waals surface area contributed by atoms with Crippen molar-refractivity contribution in [1.82, 2.24) is 5.32 Å². The van der Waals surface area contributed by atoms with Crippen molar-refractivity contribution in [2.24, 2.45) is 5.41 Å². The lowest BCUT2D eigenvalue weighted by Crippen LogP contribution is -2.42. The smallest absolute Gasteiger partial charge is 0.0576 e. The highest BCUT2D eigenvalue weighted by atomic mass is 16.5. The molecule has 0 amide bonds. The molecule has 0 aromatic carbocycles. The molecule has 0 radical (unpaired) electrons. The predicted octanol–water partition coefficient (Wildman–Crippen LogP) is 3.11.